The first-order valence-electron chi connectivity index (χ1n) is 9.49. The van der Waals surface area contributed by atoms with Gasteiger partial charge in [0.25, 0.3) is 0 Å². The number of carbonyl (C=O) groups is 2. The second kappa shape index (κ2) is 13.8. The van der Waals surface area contributed by atoms with Gasteiger partial charge in [0.05, 0.1) is 0 Å². The fourth-order valence-corrected chi connectivity index (χ4v) is 3.27. The van der Waals surface area contributed by atoms with Crippen LogP contribution < -0.4 is 16.0 Å². The Morgan fingerprint density at radius 2 is 1.54 bits per heavy atom. The van der Waals surface area contributed by atoms with Gasteiger partial charge >= 0.3 is 0 Å². The van der Waals surface area contributed by atoms with Crippen LogP contribution in [0.2, 0.25) is 0 Å². The summed E-state index contributed by atoms with van der Waals surface area (Å²) in [4.78, 5) is 26.1. The number of hydrogen-bond acceptors (Lipinski definition) is 4. The monoisotopic (exact) mass is 432 g/mol. The lowest BCUT2D eigenvalue weighted by molar-refractivity contribution is -0.117. The van der Waals surface area contributed by atoms with E-state index in [1.54, 1.807) is 0 Å². The van der Waals surface area contributed by atoms with Gasteiger partial charge in [-0.1, -0.05) is 6.92 Å². The molecule has 0 bridgehead atoms. The normalized spacial score (nSPS) is 15.1. The maximum Gasteiger partial charge on any atom is 0.225 e. The summed E-state index contributed by atoms with van der Waals surface area (Å²) >= 11 is 0. The zero-order valence-corrected chi connectivity index (χ0v) is 18.6. The first-order chi connectivity index (χ1) is 12.4. The predicted octanol–water partition coefficient (Wildman–Crippen LogP) is 3.38. The molecule has 1 aliphatic rings. The van der Waals surface area contributed by atoms with E-state index >= 15 is 0 Å². The van der Waals surface area contributed by atoms with Gasteiger partial charge in [-0.15, -0.1) is 24.8 Å². The van der Waals surface area contributed by atoms with Gasteiger partial charge in [-0.05, 0) is 76.1 Å². The largest absolute Gasteiger partial charge is 0.326 e. The molecule has 0 aliphatic carbocycles. The fourth-order valence-electron chi connectivity index (χ4n) is 3.27. The highest BCUT2D eigenvalue weighted by Crippen LogP contribution is 2.25. The third kappa shape index (κ3) is 9.73. The first kappa shape index (κ1) is 26.7. The van der Waals surface area contributed by atoms with Gasteiger partial charge in [0.15, 0.2) is 0 Å². The van der Waals surface area contributed by atoms with Gasteiger partial charge in [0, 0.05) is 30.8 Å². The van der Waals surface area contributed by atoms with Crippen LogP contribution in [0, 0.1) is 11.8 Å². The molecule has 1 heterocycles. The van der Waals surface area contributed by atoms with Crippen LogP contribution in [-0.4, -0.2) is 50.4 Å². The third-order valence-electron chi connectivity index (χ3n) is 4.93. The summed E-state index contributed by atoms with van der Waals surface area (Å²) in [6.45, 7) is 4.99. The Morgan fingerprint density at radius 1 is 1.04 bits per heavy atom. The molecule has 0 aromatic heterocycles. The molecule has 1 aromatic rings. The van der Waals surface area contributed by atoms with Crippen molar-refractivity contribution in [2.75, 3.05) is 44.4 Å². The summed E-state index contributed by atoms with van der Waals surface area (Å²) < 4.78 is 0. The highest BCUT2D eigenvalue weighted by molar-refractivity contribution is 5.93. The van der Waals surface area contributed by atoms with E-state index in [0.29, 0.717) is 24.7 Å². The van der Waals surface area contributed by atoms with Gasteiger partial charge in [-0.3, -0.25) is 9.59 Å². The van der Waals surface area contributed by atoms with Crippen LogP contribution in [0.1, 0.15) is 32.6 Å². The van der Waals surface area contributed by atoms with Crippen LogP contribution in [0.4, 0.5) is 11.4 Å². The average Bonchev–Trinajstić information content (AvgIpc) is 2.62. The van der Waals surface area contributed by atoms with Crippen molar-refractivity contribution < 1.29 is 9.59 Å². The quantitative estimate of drug-likeness (QED) is 0.588. The molecule has 8 heteroatoms. The van der Waals surface area contributed by atoms with E-state index in [2.05, 4.69) is 22.9 Å². The molecule has 0 saturated carbocycles. The number of hydrogen-bond donors (Lipinski definition) is 3. The van der Waals surface area contributed by atoms with Crippen molar-refractivity contribution in [3.8, 4) is 0 Å². The summed E-state index contributed by atoms with van der Waals surface area (Å²) in [6.07, 6.45) is 3.31. The lowest BCUT2D eigenvalue weighted by Crippen LogP contribution is -2.32. The Labute approximate surface area is 181 Å². The minimum Gasteiger partial charge on any atom is -0.326 e. The van der Waals surface area contributed by atoms with Gasteiger partial charge in [0.2, 0.25) is 11.8 Å². The van der Waals surface area contributed by atoms with E-state index < -0.39 is 0 Å². The zero-order valence-electron chi connectivity index (χ0n) is 17.0. The summed E-state index contributed by atoms with van der Waals surface area (Å²) in [6, 6.07) is 7.29. The molecule has 28 heavy (non-hydrogen) atoms. The molecule has 1 unspecified atom stereocenters. The van der Waals surface area contributed by atoms with Crippen LogP contribution in [0.5, 0.6) is 0 Å². The number of amides is 2. The molecule has 1 fully saturated rings. The summed E-state index contributed by atoms with van der Waals surface area (Å²) in [5.41, 5.74) is 1.51. The maximum atomic E-state index is 12.3. The molecule has 2 rings (SSSR count). The molecule has 1 saturated heterocycles. The van der Waals surface area contributed by atoms with E-state index in [-0.39, 0.29) is 36.6 Å². The lowest BCUT2D eigenvalue weighted by atomic mass is 9.84. The molecule has 1 atom stereocenters. The molecule has 160 valence electrons. The molecule has 1 aromatic carbocycles. The van der Waals surface area contributed by atoms with Gasteiger partial charge in [-0.2, -0.15) is 0 Å². The van der Waals surface area contributed by atoms with Crippen molar-refractivity contribution >= 4 is 48.0 Å². The number of nitrogens with zero attached hydrogens (tertiary/aromatic N) is 1. The molecule has 3 N–H and O–H groups in total. The minimum atomic E-state index is -0.00807. The van der Waals surface area contributed by atoms with Crippen molar-refractivity contribution in [2.24, 2.45) is 11.8 Å². The van der Waals surface area contributed by atoms with Crippen molar-refractivity contribution in [2.45, 2.75) is 32.6 Å². The molecule has 2 amide bonds. The van der Waals surface area contributed by atoms with E-state index in [1.165, 1.54) is 0 Å². The molecular weight excluding hydrogens is 399 g/mol. The van der Waals surface area contributed by atoms with Gasteiger partial charge < -0.3 is 20.9 Å². The van der Waals surface area contributed by atoms with E-state index in [0.717, 1.165) is 43.9 Å². The Bertz CT molecular complexity index is 590. The van der Waals surface area contributed by atoms with Crippen molar-refractivity contribution in [3.63, 3.8) is 0 Å². The van der Waals surface area contributed by atoms with Crippen LogP contribution in [-0.2, 0) is 9.59 Å². The number of carbonyl (C=O) groups excluding carboxylic acids is 2. The van der Waals surface area contributed by atoms with Crippen LogP contribution in [0.15, 0.2) is 24.3 Å². The number of anilines is 2. The fraction of sp³-hybridized carbons (Fsp3) is 0.600. The summed E-state index contributed by atoms with van der Waals surface area (Å²) in [5.74, 6) is 1.07. The molecule has 0 spiro atoms. The number of piperidine rings is 1. The highest BCUT2D eigenvalue weighted by atomic mass is 35.5. The Kier molecular flexibility index (Phi) is 13.1. The molecule has 1 aliphatic heterocycles. The lowest BCUT2D eigenvalue weighted by Gasteiger charge is -2.27. The van der Waals surface area contributed by atoms with Crippen molar-refractivity contribution in [1.82, 2.24) is 10.2 Å². The van der Waals surface area contributed by atoms with Crippen molar-refractivity contribution in [3.05, 3.63) is 24.3 Å². The first-order valence-corrected chi connectivity index (χ1v) is 9.49. The second-order valence-electron chi connectivity index (χ2n) is 7.50. The van der Waals surface area contributed by atoms with Crippen LogP contribution in [0.3, 0.4) is 0 Å². The molecule has 6 nitrogen and oxygen atoms in total. The second-order valence-corrected chi connectivity index (χ2v) is 7.50. The number of nitrogens with one attached hydrogen (secondary N) is 3. The number of benzene rings is 1. The number of halogens is 2. The maximum absolute atomic E-state index is 12.3. The smallest absolute Gasteiger partial charge is 0.225 e. The minimum absolute atomic E-state index is 0. The third-order valence-corrected chi connectivity index (χ3v) is 4.93. The Hall–Kier alpha value is -1.34. The topological polar surface area (TPSA) is 73.5 Å². The summed E-state index contributed by atoms with van der Waals surface area (Å²) in [5, 5.41) is 9.19. The van der Waals surface area contributed by atoms with Crippen molar-refractivity contribution in [1.29, 1.82) is 0 Å². The Balaban J connectivity index is 0.00000364. The average molecular weight is 433 g/mol. The standard InChI is InChI=1S/C20H32N4O2.2ClH/c1-15(16-8-11-21-12-9-16)14-20(26)23-18-6-4-17(5-7-18)22-19(25)10-13-24(2)3;;/h4-7,15-16,21H,8-14H2,1-3H3,(H,22,25)(H,23,26);2*1H. The van der Waals surface area contributed by atoms with E-state index in [1.807, 2.05) is 43.3 Å². The van der Waals surface area contributed by atoms with E-state index in [4.69, 9.17) is 0 Å². The van der Waals surface area contributed by atoms with Crippen LogP contribution in [0.25, 0.3) is 0 Å². The number of rotatable bonds is 8. The highest BCUT2D eigenvalue weighted by Gasteiger charge is 2.22. The molecule has 0 radical (unpaired) electrons. The predicted molar refractivity (Wildman–Crippen MR) is 121 cm³/mol. The van der Waals surface area contributed by atoms with Gasteiger partial charge in [0.1, 0.15) is 0 Å². The van der Waals surface area contributed by atoms with E-state index in [9.17, 15) is 9.59 Å². The van der Waals surface area contributed by atoms with Gasteiger partial charge in [-0.25, -0.2) is 0 Å². The zero-order chi connectivity index (χ0) is 18.9. The molecular formula is C20H34Cl2N4O2. The van der Waals surface area contributed by atoms with Crippen LogP contribution >= 0.6 is 24.8 Å². The SMILES string of the molecule is CC(CC(=O)Nc1ccc(NC(=O)CCN(C)C)cc1)C1CCNCC1.Cl.Cl. The summed E-state index contributed by atoms with van der Waals surface area (Å²) in [7, 11) is 3.88. The Morgan fingerprint density at radius 3 is 2.04 bits per heavy atom.